The number of aryl methyl sites for hydroxylation is 1. The van der Waals surface area contributed by atoms with Crippen LogP contribution in [0.15, 0.2) is 51.7 Å². The fourth-order valence-electron chi connectivity index (χ4n) is 3.36. The molecule has 7 nitrogen and oxygen atoms in total. The van der Waals surface area contributed by atoms with Crippen LogP contribution >= 0.6 is 11.3 Å². The van der Waals surface area contributed by atoms with Crippen molar-refractivity contribution in [3.8, 4) is 0 Å². The number of fused-ring (bicyclic) bond motifs is 4. The van der Waals surface area contributed by atoms with Gasteiger partial charge in [-0.1, -0.05) is 24.3 Å². The van der Waals surface area contributed by atoms with Crippen LogP contribution in [0.3, 0.4) is 0 Å². The van der Waals surface area contributed by atoms with Crippen molar-refractivity contribution in [3.63, 3.8) is 0 Å². The summed E-state index contributed by atoms with van der Waals surface area (Å²) in [5.41, 5.74) is 2.66. The van der Waals surface area contributed by atoms with Crippen LogP contribution < -0.4 is 5.56 Å². The molecule has 0 spiro atoms. The molecule has 4 aromatic heterocycles. The van der Waals surface area contributed by atoms with E-state index in [0.29, 0.717) is 15.5 Å². The summed E-state index contributed by atoms with van der Waals surface area (Å²) in [5, 5.41) is 6.14. The van der Waals surface area contributed by atoms with Crippen LogP contribution in [0.25, 0.3) is 32.2 Å². The molecule has 1 unspecified atom stereocenters. The smallest absolute Gasteiger partial charge is 0.291 e. The molecule has 28 heavy (non-hydrogen) atoms. The number of nitrogens with zero attached hydrogens (tertiary/aromatic N) is 5. The Bertz CT molecular complexity index is 1460. The topological polar surface area (TPSA) is 82.7 Å². The van der Waals surface area contributed by atoms with Crippen molar-refractivity contribution in [1.29, 1.82) is 0 Å². The quantitative estimate of drug-likeness (QED) is 0.458. The number of hydrogen-bond acceptors (Lipinski definition) is 6. The fourth-order valence-corrected chi connectivity index (χ4v) is 5.13. The summed E-state index contributed by atoms with van der Waals surface area (Å²) in [6.45, 7) is 0.288. The maximum absolute atomic E-state index is 13.1. The first-order valence-electron chi connectivity index (χ1n) is 8.56. The number of para-hydroxylation sites is 1. The van der Waals surface area contributed by atoms with Crippen molar-refractivity contribution in [1.82, 2.24) is 24.3 Å². The molecule has 0 radical (unpaired) electrons. The molecule has 4 heterocycles. The first-order chi connectivity index (χ1) is 13.5. The zero-order chi connectivity index (χ0) is 19.4. The van der Waals surface area contributed by atoms with Gasteiger partial charge in [0.25, 0.3) is 5.56 Å². The molecule has 0 aliphatic rings. The lowest BCUT2D eigenvalue weighted by molar-refractivity contribution is 0.634. The van der Waals surface area contributed by atoms with E-state index < -0.39 is 10.8 Å². The van der Waals surface area contributed by atoms with E-state index in [2.05, 4.69) is 15.1 Å². The van der Waals surface area contributed by atoms with Gasteiger partial charge in [0.2, 0.25) is 0 Å². The SMILES string of the molecule is Cn1c2nc(S(C)=O)sc2c2cnn(Cc3ccc4ccccc4n3)c(=O)c21. The molecule has 5 rings (SSSR count). The standard InChI is InChI=1S/C19H15N5O2S2/c1-23-15-13(16-17(23)22-19(27-16)28(2)26)9-20-24(18(15)25)10-12-8-7-11-5-3-4-6-14(11)21-12/h3-9H,10H2,1-2H3. The third-order valence-electron chi connectivity index (χ3n) is 4.72. The highest BCUT2D eigenvalue weighted by molar-refractivity contribution is 7.86. The summed E-state index contributed by atoms with van der Waals surface area (Å²) in [7, 11) is 0.641. The monoisotopic (exact) mass is 409 g/mol. The van der Waals surface area contributed by atoms with E-state index in [4.69, 9.17) is 0 Å². The predicted octanol–water partition coefficient (Wildman–Crippen LogP) is 2.68. The minimum Gasteiger partial charge on any atom is -0.323 e. The van der Waals surface area contributed by atoms with Gasteiger partial charge in [-0.25, -0.2) is 9.67 Å². The van der Waals surface area contributed by atoms with Gasteiger partial charge in [-0.15, -0.1) is 11.3 Å². The van der Waals surface area contributed by atoms with Crippen molar-refractivity contribution in [2.75, 3.05) is 6.26 Å². The summed E-state index contributed by atoms with van der Waals surface area (Å²) in [4.78, 5) is 22.1. The van der Waals surface area contributed by atoms with Crippen molar-refractivity contribution in [2.45, 2.75) is 10.9 Å². The maximum atomic E-state index is 13.1. The van der Waals surface area contributed by atoms with Crippen LogP contribution in [-0.4, -0.2) is 34.8 Å². The third kappa shape index (κ3) is 2.58. The van der Waals surface area contributed by atoms with Crippen LogP contribution in [0.2, 0.25) is 0 Å². The minimum atomic E-state index is -1.16. The summed E-state index contributed by atoms with van der Waals surface area (Å²) < 4.78 is 16.3. The molecule has 9 heteroatoms. The first kappa shape index (κ1) is 17.2. The van der Waals surface area contributed by atoms with E-state index in [1.165, 1.54) is 16.0 Å². The van der Waals surface area contributed by atoms with Gasteiger partial charge in [0.1, 0.15) is 5.52 Å². The Labute approximate surface area is 165 Å². The highest BCUT2D eigenvalue weighted by atomic mass is 32.2. The molecule has 0 aliphatic heterocycles. The Hall–Kier alpha value is -2.91. The second-order valence-corrected chi connectivity index (χ2v) is 9.06. The van der Waals surface area contributed by atoms with Crippen LogP contribution in [0.5, 0.6) is 0 Å². The van der Waals surface area contributed by atoms with E-state index in [1.807, 2.05) is 36.4 Å². The van der Waals surface area contributed by atoms with E-state index >= 15 is 0 Å². The number of rotatable bonds is 3. The molecule has 1 atom stereocenters. The summed E-state index contributed by atoms with van der Waals surface area (Å²) in [5.74, 6) is 0. The molecule has 0 N–H and O–H groups in total. The van der Waals surface area contributed by atoms with Crippen LogP contribution in [0.4, 0.5) is 0 Å². The Morgan fingerprint density at radius 1 is 1.14 bits per heavy atom. The summed E-state index contributed by atoms with van der Waals surface area (Å²) >= 11 is 1.34. The lowest BCUT2D eigenvalue weighted by atomic mass is 10.2. The summed E-state index contributed by atoms with van der Waals surface area (Å²) in [6.07, 6.45) is 3.28. The molecule has 1 aromatic carbocycles. The molecule has 0 aliphatic carbocycles. The van der Waals surface area contributed by atoms with E-state index in [-0.39, 0.29) is 12.1 Å². The molecule has 0 fully saturated rings. The molecular weight excluding hydrogens is 394 g/mol. The second-order valence-electron chi connectivity index (χ2n) is 6.51. The second kappa shape index (κ2) is 6.32. The summed E-state index contributed by atoms with van der Waals surface area (Å²) in [6, 6.07) is 11.8. The Morgan fingerprint density at radius 2 is 1.96 bits per heavy atom. The maximum Gasteiger partial charge on any atom is 0.291 e. The van der Waals surface area contributed by atoms with Gasteiger partial charge < -0.3 is 4.57 Å². The predicted molar refractivity (Wildman–Crippen MR) is 111 cm³/mol. The molecular formula is C19H15N5O2S2. The molecule has 140 valence electrons. The molecule has 0 saturated heterocycles. The van der Waals surface area contributed by atoms with Crippen molar-refractivity contribution < 1.29 is 4.21 Å². The number of hydrogen-bond donors (Lipinski definition) is 0. The van der Waals surface area contributed by atoms with Crippen LogP contribution in [0, 0.1) is 0 Å². The van der Waals surface area contributed by atoms with Crippen molar-refractivity contribution in [3.05, 3.63) is 58.6 Å². The van der Waals surface area contributed by atoms with Gasteiger partial charge in [-0.05, 0) is 12.1 Å². The van der Waals surface area contributed by atoms with E-state index in [9.17, 15) is 9.00 Å². The largest absolute Gasteiger partial charge is 0.323 e. The Balaban J connectivity index is 1.63. The van der Waals surface area contributed by atoms with Crippen LogP contribution in [-0.2, 0) is 24.4 Å². The first-order valence-corrected chi connectivity index (χ1v) is 10.9. The van der Waals surface area contributed by atoms with Gasteiger partial charge in [0.05, 0.1) is 39.5 Å². The molecule has 0 saturated carbocycles. The lowest BCUT2D eigenvalue weighted by Gasteiger charge is -2.06. The lowest BCUT2D eigenvalue weighted by Crippen LogP contribution is -2.25. The number of thiazole rings is 1. The van der Waals surface area contributed by atoms with E-state index in [0.717, 1.165) is 26.7 Å². The number of aromatic nitrogens is 5. The Kier molecular flexibility index (Phi) is 3.88. The van der Waals surface area contributed by atoms with Crippen LogP contribution in [0.1, 0.15) is 5.69 Å². The normalized spacial score (nSPS) is 12.9. The van der Waals surface area contributed by atoms with Gasteiger partial charge in [-0.3, -0.25) is 14.0 Å². The Morgan fingerprint density at radius 3 is 2.79 bits per heavy atom. The van der Waals surface area contributed by atoms with Gasteiger partial charge in [0, 0.05) is 24.1 Å². The number of pyridine rings is 1. The van der Waals surface area contributed by atoms with E-state index in [1.54, 1.807) is 24.1 Å². The third-order valence-corrected chi connectivity index (χ3v) is 7.13. The average molecular weight is 409 g/mol. The van der Waals surface area contributed by atoms with Crippen molar-refractivity contribution >= 4 is 54.3 Å². The molecule has 0 amide bonds. The molecule has 0 bridgehead atoms. The van der Waals surface area contributed by atoms with Gasteiger partial charge >= 0.3 is 0 Å². The zero-order valence-electron chi connectivity index (χ0n) is 15.1. The highest BCUT2D eigenvalue weighted by Crippen LogP contribution is 2.31. The van der Waals surface area contributed by atoms with Gasteiger partial charge in [0.15, 0.2) is 9.99 Å². The zero-order valence-corrected chi connectivity index (χ0v) is 16.8. The van der Waals surface area contributed by atoms with Crippen molar-refractivity contribution in [2.24, 2.45) is 7.05 Å². The highest BCUT2D eigenvalue weighted by Gasteiger charge is 2.19. The minimum absolute atomic E-state index is 0.195. The number of benzene rings is 1. The van der Waals surface area contributed by atoms with Gasteiger partial charge in [-0.2, -0.15) is 5.10 Å². The average Bonchev–Trinajstić information content (AvgIpc) is 3.24. The molecule has 5 aromatic rings. The fraction of sp³-hybridized carbons (Fsp3) is 0.158.